The number of alkyl halides is 1. The summed E-state index contributed by atoms with van der Waals surface area (Å²) in [6.07, 6.45) is 1.34. The van der Waals surface area contributed by atoms with Gasteiger partial charge in [0.1, 0.15) is 0 Å². The molecule has 0 saturated carbocycles. The van der Waals surface area contributed by atoms with Gasteiger partial charge < -0.3 is 9.84 Å². The van der Waals surface area contributed by atoms with Crippen LogP contribution in [0.5, 0.6) is 0 Å². The van der Waals surface area contributed by atoms with Gasteiger partial charge in [-0.1, -0.05) is 15.9 Å². The number of aliphatic hydroxyl groups is 1. The normalized spacial score (nSPS) is 35.3. The van der Waals surface area contributed by atoms with Gasteiger partial charge in [0.05, 0.1) is 12.7 Å². The minimum absolute atomic E-state index is 0.267. The summed E-state index contributed by atoms with van der Waals surface area (Å²) >= 11 is 3.33. The molecule has 2 atom stereocenters. The molecule has 1 fully saturated rings. The third kappa shape index (κ3) is 1.92. The molecule has 0 radical (unpaired) electrons. The first-order chi connectivity index (χ1) is 4.36. The van der Waals surface area contributed by atoms with Crippen LogP contribution < -0.4 is 0 Å². The van der Waals surface area contributed by atoms with Crippen LogP contribution in [0.25, 0.3) is 0 Å². The first kappa shape index (κ1) is 7.51. The summed E-state index contributed by atoms with van der Waals surface area (Å²) in [4.78, 5) is 0. The fourth-order valence-corrected chi connectivity index (χ4v) is 1.47. The molecule has 1 aliphatic rings. The van der Waals surface area contributed by atoms with E-state index in [2.05, 4.69) is 15.9 Å². The van der Waals surface area contributed by atoms with Crippen molar-refractivity contribution in [1.82, 2.24) is 0 Å². The van der Waals surface area contributed by atoms with Gasteiger partial charge in [-0.15, -0.1) is 0 Å². The minimum Gasteiger partial charge on any atom is -0.396 e. The van der Waals surface area contributed by atoms with E-state index in [1.807, 2.05) is 0 Å². The molecular formula is C6H11BrO2. The predicted octanol–water partition coefficient (Wildman–Crippen LogP) is 0.779. The maximum atomic E-state index is 8.68. The Kier molecular flexibility index (Phi) is 2.95. The van der Waals surface area contributed by atoms with E-state index in [1.165, 1.54) is 0 Å². The molecule has 0 aromatic rings. The minimum atomic E-state index is 0.267. The summed E-state index contributed by atoms with van der Waals surface area (Å²) in [5, 5.41) is 9.58. The Bertz CT molecular complexity index is 77.1. The first-order valence-electron chi connectivity index (χ1n) is 3.15. The van der Waals surface area contributed by atoms with E-state index in [4.69, 9.17) is 9.84 Å². The summed E-state index contributed by atoms with van der Waals surface area (Å²) in [6.45, 7) is 0.996. The third-order valence-electron chi connectivity index (χ3n) is 1.59. The molecule has 0 aromatic heterocycles. The highest BCUT2D eigenvalue weighted by Gasteiger charge is 2.23. The molecule has 2 nitrogen and oxygen atoms in total. The van der Waals surface area contributed by atoms with Crippen LogP contribution >= 0.6 is 15.9 Å². The maximum absolute atomic E-state index is 8.68. The van der Waals surface area contributed by atoms with Gasteiger partial charge in [-0.2, -0.15) is 0 Å². The molecule has 54 valence electrons. The Morgan fingerprint density at radius 3 is 2.78 bits per heavy atom. The molecule has 0 aromatic carbocycles. The van der Waals surface area contributed by atoms with Gasteiger partial charge in [0.25, 0.3) is 0 Å². The Labute approximate surface area is 63.3 Å². The van der Waals surface area contributed by atoms with Gasteiger partial charge in [-0.25, -0.2) is 0 Å². The zero-order valence-corrected chi connectivity index (χ0v) is 6.80. The van der Waals surface area contributed by atoms with Crippen LogP contribution in [0.4, 0.5) is 0 Å². The van der Waals surface area contributed by atoms with Crippen LogP contribution in [0, 0.1) is 5.92 Å². The van der Waals surface area contributed by atoms with Gasteiger partial charge in [0.2, 0.25) is 0 Å². The fraction of sp³-hybridized carbons (Fsp3) is 1.00. The van der Waals surface area contributed by atoms with Gasteiger partial charge >= 0.3 is 0 Å². The van der Waals surface area contributed by atoms with E-state index in [-0.39, 0.29) is 6.61 Å². The number of hydrogen-bond donors (Lipinski definition) is 1. The molecule has 0 aliphatic carbocycles. The Morgan fingerprint density at radius 1 is 1.67 bits per heavy atom. The molecule has 0 bridgehead atoms. The fourth-order valence-electron chi connectivity index (χ4n) is 1.01. The lowest BCUT2D eigenvalue weighted by Gasteiger charge is -2.01. The second-order valence-electron chi connectivity index (χ2n) is 2.39. The Hall–Kier alpha value is 0.400. The van der Waals surface area contributed by atoms with E-state index in [9.17, 15) is 0 Å². The van der Waals surface area contributed by atoms with Gasteiger partial charge in [-0.05, 0) is 6.42 Å². The molecule has 0 spiro atoms. The highest BCUT2D eigenvalue weighted by atomic mass is 79.9. The van der Waals surface area contributed by atoms with Crippen molar-refractivity contribution in [3.8, 4) is 0 Å². The molecule has 3 heteroatoms. The van der Waals surface area contributed by atoms with Crippen LogP contribution in [0.15, 0.2) is 0 Å². The highest BCUT2D eigenvalue weighted by molar-refractivity contribution is 9.09. The quantitative estimate of drug-likeness (QED) is 0.659. The van der Waals surface area contributed by atoms with Crippen molar-refractivity contribution in [2.75, 3.05) is 18.5 Å². The second kappa shape index (κ2) is 3.54. The Balaban J connectivity index is 2.20. The first-order valence-corrected chi connectivity index (χ1v) is 4.27. The zero-order chi connectivity index (χ0) is 6.69. The maximum Gasteiger partial charge on any atom is 0.0676 e. The molecule has 1 heterocycles. The molecule has 1 saturated heterocycles. The van der Waals surface area contributed by atoms with Crippen LogP contribution in [-0.4, -0.2) is 29.8 Å². The van der Waals surface area contributed by atoms with Crippen LogP contribution in [0.3, 0.4) is 0 Å². The second-order valence-corrected chi connectivity index (χ2v) is 3.04. The molecule has 1 rings (SSSR count). The SMILES string of the molecule is OCC1COC(CBr)C1. The van der Waals surface area contributed by atoms with Crippen molar-refractivity contribution in [1.29, 1.82) is 0 Å². The Morgan fingerprint density at radius 2 is 2.44 bits per heavy atom. The van der Waals surface area contributed by atoms with Crippen molar-refractivity contribution in [2.45, 2.75) is 12.5 Å². The number of aliphatic hydroxyl groups excluding tert-OH is 1. The van der Waals surface area contributed by atoms with Gasteiger partial charge in [-0.3, -0.25) is 0 Å². The van der Waals surface area contributed by atoms with Crippen LogP contribution in [-0.2, 0) is 4.74 Å². The van der Waals surface area contributed by atoms with Crippen LogP contribution in [0.1, 0.15) is 6.42 Å². The molecule has 2 unspecified atom stereocenters. The standard InChI is InChI=1S/C6H11BrO2/c7-2-6-1-5(3-8)4-9-6/h5-6,8H,1-4H2. The lowest BCUT2D eigenvalue weighted by Crippen LogP contribution is -2.07. The predicted molar refractivity (Wildman–Crippen MR) is 38.7 cm³/mol. The molecular weight excluding hydrogens is 184 g/mol. The summed E-state index contributed by atoms with van der Waals surface area (Å²) in [5.41, 5.74) is 0. The van der Waals surface area contributed by atoms with Crippen molar-refractivity contribution < 1.29 is 9.84 Å². The van der Waals surface area contributed by atoms with Crippen molar-refractivity contribution in [2.24, 2.45) is 5.92 Å². The lowest BCUT2D eigenvalue weighted by atomic mass is 10.1. The third-order valence-corrected chi connectivity index (χ3v) is 2.32. The molecule has 1 N–H and O–H groups in total. The number of rotatable bonds is 2. The molecule has 1 aliphatic heterocycles. The average molecular weight is 195 g/mol. The van der Waals surface area contributed by atoms with Crippen molar-refractivity contribution in [3.05, 3.63) is 0 Å². The van der Waals surface area contributed by atoms with E-state index in [0.29, 0.717) is 12.0 Å². The zero-order valence-electron chi connectivity index (χ0n) is 5.22. The number of halogens is 1. The topological polar surface area (TPSA) is 29.5 Å². The summed E-state index contributed by atoms with van der Waals surface area (Å²) < 4.78 is 5.30. The largest absolute Gasteiger partial charge is 0.396 e. The van der Waals surface area contributed by atoms with E-state index >= 15 is 0 Å². The summed E-state index contributed by atoms with van der Waals surface area (Å²) in [5.74, 6) is 0.382. The average Bonchev–Trinajstić information content (AvgIpc) is 2.34. The van der Waals surface area contributed by atoms with E-state index in [1.54, 1.807) is 0 Å². The van der Waals surface area contributed by atoms with Gasteiger partial charge in [0.15, 0.2) is 0 Å². The van der Waals surface area contributed by atoms with Crippen molar-refractivity contribution >= 4 is 15.9 Å². The lowest BCUT2D eigenvalue weighted by molar-refractivity contribution is 0.116. The summed E-state index contributed by atoms with van der Waals surface area (Å²) in [7, 11) is 0. The van der Waals surface area contributed by atoms with Gasteiger partial charge in [0, 0.05) is 17.9 Å². The summed E-state index contributed by atoms with van der Waals surface area (Å²) in [6, 6.07) is 0. The molecule has 9 heavy (non-hydrogen) atoms. The van der Waals surface area contributed by atoms with E-state index < -0.39 is 0 Å². The number of ether oxygens (including phenoxy) is 1. The van der Waals surface area contributed by atoms with Crippen molar-refractivity contribution in [3.63, 3.8) is 0 Å². The monoisotopic (exact) mass is 194 g/mol. The highest BCUT2D eigenvalue weighted by Crippen LogP contribution is 2.19. The van der Waals surface area contributed by atoms with E-state index in [0.717, 1.165) is 18.4 Å². The number of hydrogen-bond acceptors (Lipinski definition) is 2. The molecule has 0 amide bonds. The van der Waals surface area contributed by atoms with Crippen LogP contribution in [0.2, 0.25) is 0 Å². The smallest absolute Gasteiger partial charge is 0.0676 e.